The minimum absolute atomic E-state index is 0.723. The molecule has 0 aliphatic heterocycles. The van der Waals surface area contributed by atoms with E-state index in [0.29, 0.717) is 0 Å². The van der Waals surface area contributed by atoms with Crippen LogP contribution in [0.15, 0.2) is 30.5 Å². The molecule has 68 valence electrons. The van der Waals surface area contributed by atoms with E-state index in [0.717, 1.165) is 22.8 Å². The highest BCUT2D eigenvalue weighted by molar-refractivity contribution is 5.96. The average molecular weight is 176 g/mol. The average Bonchev–Trinajstić information content (AvgIpc) is 2.64. The van der Waals surface area contributed by atoms with Crippen LogP contribution >= 0.6 is 0 Å². The van der Waals surface area contributed by atoms with Gasteiger partial charge >= 0.3 is 0 Å². The molecule has 1 heterocycles. The van der Waals surface area contributed by atoms with Crippen LogP contribution in [0, 0.1) is 0 Å². The summed E-state index contributed by atoms with van der Waals surface area (Å²) in [6.07, 6.45) is 2.58. The molecule has 0 fully saturated rings. The molecule has 3 heteroatoms. The zero-order valence-corrected chi connectivity index (χ0v) is 7.45. The van der Waals surface area contributed by atoms with Gasteiger partial charge in [0.25, 0.3) is 0 Å². The summed E-state index contributed by atoms with van der Waals surface area (Å²) in [4.78, 5) is 13.5. The van der Waals surface area contributed by atoms with Gasteiger partial charge in [0, 0.05) is 22.7 Å². The number of benzene rings is 1. The number of nitrogens with one attached hydrogen (secondary N) is 1. The highest BCUT2D eigenvalue weighted by Gasteiger charge is 1.98. The molecule has 3 nitrogen and oxygen atoms in total. The van der Waals surface area contributed by atoms with E-state index in [1.807, 2.05) is 24.3 Å². The van der Waals surface area contributed by atoms with Gasteiger partial charge in [0.15, 0.2) is 6.29 Å². The van der Waals surface area contributed by atoms with Gasteiger partial charge in [-0.1, -0.05) is 18.2 Å². The fraction of sp³-hybridized carbons (Fsp3) is 0.100. The molecule has 1 aromatic heterocycles. The molecule has 13 heavy (non-hydrogen) atoms. The third-order valence-electron chi connectivity index (χ3n) is 1.75. The number of H-pyrrole nitrogens is 1. The molecule has 0 spiro atoms. The molecular formula is C10H12N2O. The lowest BCUT2D eigenvalue weighted by Gasteiger charge is -1.86. The van der Waals surface area contributed by atoms with Crippen molar-refractivity contribution in [2.24, 2.45) is 5.73 Å². The number of rotatable bonds is 1. The van der Waals surface area contributed by atoms with Gasteiger partial charge in [-0.15, -0.1) is 0 Å². The van der Waals surface area contributed by atoms with Gasteiger partial charge in [0.05, 0.1) is 0 Å². The number of carbonyl (C=O) groups excluding carboxylic acids is 1. The van der Waals surface area contributed by atoms with E-state index in [4.69, 9.17) is 0 Å². The topological polar surface area (TPSA) is 58.9 Å². The second-order valence-corrected chi connectivity index (χ2v) is 2.41. The van der Waals surface area contributed by atoms with Crippen molar-refractivity contribution in [3.63, 3.8) is 0 Å². The highest BCUT2D eigenvalue weighted by atomic mass is 16.1. The Bertz CT molecular complexity index is 392. The summed E-state index contributed by atoms with van der Waals surface area (Å²) >= 11 is 0. The molecule has 1 aromatic carbocycles. The summed E-state index contributed by atoms with van der Waals surface area (Å²) in [6, 6.07) is 7.73. The summed E-state index contributed by atoms with van der Waals surface area (Å²) < 4.78 is 0. The minimum Gasteiger partial charge on any atom is -0.360 e. The van der Waals surface area contributed by atoms with E-state index in [9.17, 15) is 4.79 Å². The number of hydrogen-bond acceptors (Lipinski definition) is 2. The Labute approximate surface area is 76.6 Å². The molecule has 0 atom stereocenters. The lowest BCUT2D eigenvalue weighted by Crippen LogP contribution is -1.72. The maximum Gasteiger partial charge on any atom is 0.152 e. The maximum absolute atomic E-state index is 10.5. The number of aromatic amines is 1. The van der Waals surface area contributed by atoms with Crippen LogP contribution in [0.2, 0.25) is 0 Å². The largest absolute Gasteiger partial charge is 0.360 e. The lowest BCUT2D eigenvalue weighted by atomic mass is 10.2. The third kappa shape index (κ3) is 1.76. The van der Waals surface area contributed by atoms with E-state index in [-0.39, 0.29) is 0 Å². The van der Waals surface area contributed by atoms with Gasteiger partial charge in [-0.25, -0.2) is 0 Å². The van der Waals surface area contributed by atoms with Crippen LogP contribution in [0.1, 0.15) is 10.4 Å². The van der Waals surface area contributed by atoms with Crippen molar-refractivity contribution < 1.29 is 4.79 Å². The van der Waals surface area contributed by atoms with E-state index in [2.05, 4.69) is 10.7 Å². The lowest BCUT2D eigenvalue weighted by molar-refractivity contribution is 0.112. The molecule has 0 saturated heterocycles. The number of aromatic nitrogens is 1. The van der Waals surface area contributed by atoms with Crippen LogP contribution in [0.4, 0.5) is 0 Å². The normalized spacial score (nSPS) is 9.08. The zero-order valence-electron chi connectivity index (χ0n) is 7.45. The smallest absolute Gasteiger partial charge is 0.152 e. The van der Waals surface area contributed by atoms with Crippen molar-refractivity contribution in [3.8, 4) is 0 Å². The van der Waals surface area contributed by atoms with Gasteiger partial charge in [-0.2, -0.15) is 0 Å². The Hall–Kier alpha value is -1.61. The van der Waals surface area contributed by atoms with E-state index in [1.54, 1.807) is 6.20 Å². The number of para-hydroxylation sites is 1. The predicted molar refractivity (Wildman–Crippen MR) is 53.8 cm³/mol. The van der Waals surface area contributed by atoms with Crippen molar-refractivity contribution in [1.29, 1.82) is 0 Å². The fourth-order valence-corrected chi connectivity index (χ4v) is 1.19. The van der Waals surface area contributed by atoms with E-state index < -0.39 is 0 Å². The number of fused-ring (bicyclic) bond motifs is 1. The fourth-order valence-electron chi connectivity index (χ4n) is 1.19. The summed E-state index contributed by atoms with van der Waals surface area (Å²) in [5.41, 5.74) is 6.23. The van der Waals surface area contributed by atoms with Gasteiger partial charge in [0.2, 0.25) is 0 Å². The van der Waals surface area contributed by atoms with Crippen molar-refractivity contribution >= 4 is 17.2 Å². The Morgan fingerprint density at radius 1 is 1.31 bits per heavy atom. The molecule has 2 aromatic rings. The summed E-state index contributed by atoms with van der Waals surface area (Å²) in [5, 5.41) is 0.988. The monoisotopic (exact) mass is 176 g/mol. The van der Waals surface area contributed by atoms with Crippen molar-refractivity contribution in [2.45, 2.75) is 0 Å². The van der Waals surface area contributed by atoms with Crippen LogP contribution < -0.4 is 5.73 Å². The first-order valence-corrected chi connectivity index (χ1v) is 4.01. The van der Waals surface area contributed by atoms with Gasteiger partial charge < -0.3 is 10.7 Å². The first-order chi connectivity index (χ1) is 6.42. The van der Waals surface area contributed by atoms with Crippen molar-refractivity contribution in [3.05, 3.63) is 36.0 Å². The molecule has 0 aliphatic carbocycles. The minimum atomic E-state index is 0.723. The highest BCUT2D eigenvalue weighted by Crippen LogP contribution is 2.14. The van der Waals surface area contributed by atoms with Crippen molar-refractivity contribution in [2.75, 3.05) is 7.05 Å². The molecule has 0 amide bonds. The summed E-state index contributed by atoms with van der Waals surface area (Å²) in [5.74, 6) is 0. The third-order valence-corrected chi connectivity index (χ3v) is 1.75. The molecule has 0 radical (unpaired) electrons. The Balaban J connectivity index is 0.000000396. The Kier molecular flexibility index (Phi) is 3.23. The maximum atomic E-state index is 10.5. The molecule has 0 aliphatic rings. The molecular weight excluding hydrogens is 164 g/mol. The Morgan fingerprint density at radius 3 is 2.69 bits per heavy atom. The first-order valence-electron chi connectivity index (χ1n) is 4.01. The van der Waals surface area contributed by atoms with E-state index in [1.165, 1.54) is 7.05 Å². The summed E-state index contributed by atoms with van der Waals surface area (Å²) in [7, 11) is 1.50. The quantitative estimate of drug-likeness (QED) is 0.648. The number of carbonyl (C=O) groups is 1. The zero-order chi connectivity index (χ0) is 9.68. The second kappa shape index (κ2) is 4.42. The standard InChI is InChI=1S/C9H7NO.CH5N/c11-6-7-5-10-9-4-2-1-3-8(7)9;1-2/h1-6,10H;2H2,1H3. The van der Waals surface area contributed by atoms with Crippen LogP contribution in [0.3, 0.4) is 0 Å². The van der Waals surface area contributed by atoms with Crippen LogP contribution in [0.25, 0.3) is 10.9 Å². The van der Waals surface area contributed by atoms with Gasteiger partial charge in [0.1, 0.15) is 0 Å². The number of aldehydes is 1. The first kappa shape index (κ1) is 9.48. The molecule has 0 unspecified atom stereocenters. The number of nitrogens with two attached hydrogens (primary N) is 1. The predicted octanol–water partition coefficient (Wildman–Crippen LogP) is 1.56. The van der Waals surface area contributed by atoms with Crippen LogP contribution in [0.5, 0.6) is 0 Å². The van der Waals surface area contributed by atoms with Crippen LogP contribution in [-0.4, -0.2) is 18.3 Å². The van der Waals surface area contributed by atoms with Gasteiger partial charge in [-0.3, -0.25) is 4.79 Å². The van der Waals surface area contributed by atoms with Gasteiger partial charge in [-0.05, 0) is 13.1 Å². The van der Waals surface area contributed by atoms with Crippen molar-refractivity contribution in [1.82, 2.24) is 4.98 Å². The van der Waals surface area contributed by atoms with E-state index >= 15 is 0 Å². The SMILES string of the molecule is CN.O=Cc1c[nH]c2ccccc12. The molecule has 3 N–H and O–H groups in total. The summed E-state index contributed by atoms with van der Waals surface area (Å²) in [6.45, 7) is 0. The molecule has 0 bridgehead atoms. The van der Waals surface area contributed by atoms with Crippen LogP contribution in [-0.2, 0) is 0 Å². The molecule has 2 rings (SSSR count). The number of hydrogen-bond donors (Lipinski definition) is 2. The molecule has 0 saturated carbocycles. The second-order valence-electron chi connectivity index (χ2n) is 2.41. The Morgan fingerprint density at radius 2 is 2.00 bits per heavy atom.